The topological polar surface area (TPSA) is 55.4 Å². The van der Waals surface area contributed by atoms with Gasteiger partial charge in [0.25, 0.3) is 5.91 Å². The van der Waals surface area contributed by atoms with E-state index in [0.717, 1.165) is 0 Å². The van der Waals surface area contributed by atoms with Crippen LogP contribution in [0.15, 0.2) is 42.5 Å². The SMILES string of the molecule is COC(=O)c1ccc(C(=O)Nc2cccc(Cl)c2F)cc1. The maximum atomic E-state index is 13.7. The van der Waals surface area contributed by atoms with E-state index in [-0.39, 0.29) is 16.3 Å². The Morgan fingerprint density at radius 1 is 1.10 bits per heavy atom. The number of rotatable bonds is 3. The first-order valence-electron chi connectivity index (χ1n) is 5.96. The van der Waals surface area contributed by atoms with Crippen LogP contribution in [-0.2, 0) is 4.74 Å². The molecule has 0 fully saturated rings. The van der Waals surface area contributed by atoms with E-state index in [4.69, 9.17) is 11.6 Å². The van der Waals surface area contributed by atoms with Crippen molar-refractivity contribution in [1.82, 2.24) is 0 Å². The van der Waals surface area contributed by atoms with Gasteiger partial charge in [0.05, 0.1) is 23.4 Å². The van der Waals surface area contributed by atoms with Gasteiger partial charge in [-0.1, -0.05) is 17.7 Å². The van der Waals surface area contributed by atoms with Gasteiger partial charge in [0.2, 0.25) is 0 Å². The number of anilines is 1. The molecule has 0 unspecified atom stereocenters. The highest BCUT2D eigenvalue weighted by Gasteiger charge is 2.12. The molecule has 2 rings (SSSR count). The number of carbonyl (C=O) groups is 2. The van der Waals surface area contributed by atoms with Gasteiger partial charge in [0.1, 0.15) is 0 Å². The number of ether oxygens (including phenoxy) is 1. The van der Waals surface area contributed by atoms with Crippen molar-refractivity contribution >= 4 is 29.2 Å². The zero-order chi connectivity index (χ0) is 15.4. The van der Waals surface area contributed by atoms with E-state index in [1.54, 1.807) is 0 Å². The van der Waals surface area contributed by atoms with E-state index < -0.39 is 17.7 Å². The van der Waals surface area contributed by atoms with E-state index in [1.807, 2.05) is 0 Å². The second-order valence-electron chi connectivity index (χ2n) is 4.12. The number of methoxy groups -OCH3 is 1. The lowest BCUT2D eigenvalue weighted by Gasteiger charge is -2.07. The molecular formula is C15H11ClFNO3. The van der Waals surface area contributed by atoms with Crippen molar-refractivity contribution in [1.29, 1.82) is 0 Å². The minimum atomic E-state index is -0.696. The molecule has 0 saturated carbocycles. The first kappa shape index (κ1) is 15.0. The highest BCUT2D eigenvalue weighted by atomic mass is 35.5. The molecule has 0 aromatic heterocycles. The van der Waals surface area contributed by atoms with E-state index in [9.17, 15) is 14.0 Å². The molecule has 0 bridgehead atoms. The first-order chi connectivity index (χ1) is 10.0. The predicted molar refractivity (Wildman–Crippen MR) is 77.1 cm³/mol. The van der Waals surface area contributed by atoms with Crippen LogP contribution >= 0.6 is 11.6 Å². The third kappa shape index (κ3) is 3.38. The molecule has 0 aliphatic heterocycles. The van der Waals surface area contributed by atoms with Crippen LogP contribution in [-0.4, -0.2) is 19.0 Å². The van der Waals surface area contributed by atoms with Crippen LogP contribution in [0.5, 0.6) is 0 Å². The molecule has 2 aromatic carbocycles. The minimum absolute atomic E-state index is 0.00968. The second-order valence-corrected chi connectivity index (χ2v) is 4.53. The molecule has 6 heteroatoms. The lowest BCUT2D eigenvalue weighted by Crippen LogP contribution is -2.13. The summed E-state index contributed by atoms with van der Waals surface area (Å²) in [5, 5.41) is 2.34. The molecule has 1 N–H and O–H groups in total. The largest absolute Gasteiger partial charge is 0.465 e. The Morgan fingerprint density at radius 2 is 1.71 bits per heavy atom. The highest BCUT2D eigenvalue weighted by molar-refractivity contribution is 6.31. The van der Waals surface area contributed by atoms with E-state index in [2.05, 4.69) is 10.1 Å². The molecular weight excluding hydrogens is 297 g/mol. The number of hydrogen-bond donors (Lipinski definition) is 1. The molecule has 0 aliphatic rings. The Morgan fingerprint density at radius 3 is 2.33 bits per heavy atom. The number of amides is 1. The Kier molecular flexibility index (Phi) is 4.55. The van der Waals surface area contributed by atoms with Crippen molar-refractivity contribution in [2.24, 2.45) is 0 Å². The normalized spacial score (nSPS) is 10.0. The number of hydrogen-bond acceptors (Lipinski definition) is 3. The summed E-state index contributed by atoms with van der Waals surface area (Å²) < 4.78 is 18.2. The molecule has 21 heavy (non-hydrogen) atoms. The molecule has 0 atom stereocenters. The molecule has 108 valence electrons. The molecule has 0 heterocycles. The Hall–Kier alpha value is -2.40. The summed E-state index contributed by atoms with van der Waals surface area (Å²) >= 11 is 5.64. The first-order valence-corrected chi connectivity index (χ1v) is 6.34. The summed E-state index contributed by atoms with van der Waals surface area (Å²) in [6.45, 7) is 0. The van der Waals surface area contributed by atoms with Gasteiger partial charge in [0.15, 0.2) is 5.82 Å². The van der Waals surface area contributed by atoms with Gasteiger partial charge in [-0.25, -0.2) is 9.18 Å². The minimum Gasteiger partial charge on any atom is -0.465 e. The maximum Gasteiger partial charge on any atom is 0.337 e. The average Bonchev–Trinajstić information content (AvgIpc) is 2.51. The molecule has 0 saturated heterocycles. The zero-order valence-electron chi connectivity index (χ0n) is 11.0. The molecule has 0 radical (unpaired) electrons. The highest BCUT2D eigenvalue weighted by Crippen LogP contribution is 2.22. The molecule has 0 spiro atoms. The Bertz CT molecular complexity index is 686. The summed E-state index contributed by atoms with van der Waals surface area (Å²) in [5.41, 5.74) is 0.592. The monoisotopic (exact) mass is 307 g/mol. The number of esters is 1. The van der Waals surface area contributed by atoms with Gasteiger partial charge >= 0.3 is 5.97 Å². The quantitative estimate of drug-likeness (QED) is 0.883. The van der Waals surface area contributed by atoms with Crippen LogP contribution in [0.25, 0.3) is 0 Å². The zero-order valence-corrected chi connectivity index (χ0v) is 11.8. The standard InChI is InChI=1S/C15H11ClFNO3/c1-21-15(20)10-7-5-9(6-8-10)14(19)18-12-4-2-3-11(16)13(12)17/h2-8H,1H3,(H,18,19). The third-order valence-electron chi connectivity index (χ3n) is 2.77. The Balaban J connectivity index is 2.17. The lowest BCUT2D eigenvalue weighted by atomic mass is 10.1. The van der Waals surface area contributed by atoms with Crippen molar-refractivity contribution in [3.05, 3.63) is 64.4 Å². The summed E-state index contributed by atoms with van der Waals surface area (Å²) in [5.74, 6) is -1.70. The number of halogens is 2. The van der Waals surface area contributed by atoms with Crippen molar-refractivity contribution in [3.8, 4) is 0 Å². The van der Waals surface area contributed by atoms with Crippen LogP contribution in [0.3, 0.4) is 0 Å². The van der Waals surface area contributed by atoms with Crippen LogP contribution in [0, 0.1) is 5.82 Å². The second kappa shape index (κ2) is 6.37. The van der Waals surface area contributed by atoms with E-state index >= 15 is 0 Å². The predicted octanol–water partition coefficient (Wildman–Crippen LogP) is 3.52. The fraction of sp³-hybridized carbons (Fsp3) is 0.0667. The fourth-order valence-corrected chi connectivity index (χ4v) is 1.84. The smallest absolute Gasteiger partial charge is 0.337 e. The van der Waals surface area contributed by atoms with Gasteiger partial charge in [-0.15, -0.1) is 0 Å². The van der Waals surface area contributed by atoms with Crippen LogP contribution < -0.4 is 5.32 Å². The van der Waals surface area contributed by atoms with Gasteiger partial charge < -0.3 is 10.1 Å². The van der Waals surface area contributed by atoms with E-state index in [0.29, 0.717) is 5.56 Å². The molecule has 1 amide bonds. The summed E-state index contributed by atoms with van der Waals surface area (Å²) in [6, 6.07) is 10.1. The number of benzene rings is 2. The number of nitrogens with one attached hydrogen (secondary N) is 1. The molecule has 2 aromatic rings. The number of carbonyl (C=O) groups excluding carboxylic acids is 2. The lowest BCUT2D eigenvalue weighted by molar-refractivity contribution is 0.0600. The molecule has 4 nitrogen and oxygen atoms in total. The van der Waals surface area contributed by atoms with Crippen LogP contribution in [0.2, 0.25) is 5.02 Å². The van der Waals surface area contributed by atoms with Crippen molar-refractivity contribution < 1.29 is 18.7 Å². The summed E-state index contributed by atoms with van der Waals surface area (Å²) in [4.78, 5) is 23.3. The van der Waals surface area contributed by atoms with Gasteiger partial charge in [-0.05, 0) is 36.4 Å². The van der Waals surface area contributed by atoms with Gasteiger partial charge in [0, 0.05) is 5.56 Å². The van der Waals surface area contributed by atoms with Crippen molar-refractivity contribution in [3.63, 3.8) is 0 Å². The maximum absolute atomic E-state index is 13.7. The van der Waals surface area contributed by atoms with Crippen molar-refractivity contribution in [2.75, 3.05) is 12.4 Å². The average molecular weight is 308 g/mol. The van der Waals surface area contributed by atoms with Crippen LogP contribution in [0.4, 0.5) is 10.1 Å². The van der Waals surface area contributed by atoms with E-state index in [1.165, 1.54) is 49.6 Å². The molecule has 0 aliphatic carbocycles. The Labute approximate surface area is 125 Å². The summed E-state index contributed by atoms with van der Waals surface area (Å²) in [6.07, 6.45) is 0. The summed E-state index contributed by atoms with van der Waals surface area (Å²) in [7, 11) is 1.27. The van der Waals surface area contributed by atoms with Crippen molar-refractivity contribution in [2.45, 2.75) is 0 Å². The fourth-order valence-electron chi connectivity index (χ4n) is 1.67. The third-order valence-corrected chi connectivity index (χ3v) is 3.06. The van der Waals surface area contributed by atoms with Crippen LogP contribution in [0.1, 0.15) is 20.7 Å². The van der Waals surface area contributed by atoms with Gasteiger partial charge in [-0.3, -0.25) is 4.79 Å². The van der Waals surface area contributed by atoms with Gasteiger partial charge in [-0.2, -0.15) is 0 Å².